The second-order valence-electron chi connectivity index (χ2n) is 7.43. The minimum Gasteiger partial charge on any atom is -0.497 e. The first-order valence-electron chi connectivity index (χ1n) is 9.90. The number of hydrogen-bond acceptors (Lipinski definition) is 4. The molecule has 4 rings (SSSR count). The van der Waals surface area contributed by atoms with E-state index in [0.717, 1.165) is 42.6 Å². The van der Waals surface area contributed by atoms with Gasteiger partial charge in [-0.3, -0.25) is 4.79 Å². The van der Waals surface area contributed by atoms with E-state index < -0.39 is 12.1 Å². The van der Waals surface area contributed by atoms with Gasteiger partial charge in [0, 0.05) is 13.0 Å². The van der Waals surface area contributed by atoms with Crippen LogP contribution in [0.5, 0.6) is 5.75 Å². The molecule has 5 heteroatoms. The Labute approximate surface area is 165 Å². The Morgan fingerprint density at radius 2 is 1.86 bits per heavy atom. The van der Waals surface area contributed by atoms with Crippen LogP contribution in [0, 0.1) is 0 Å². The number of fused-ring (bicyclic) bond motifs is 1. The van der Waals surface area contributed by atoms with Crippen molar-refractivity contribution < 1.29 is 19.1 Å². The van der Waals surface area contributed by atoms with E-state index in [2.05, 4.69) is 0 Å². The number of nitrogens with zero attached hydrogens (tertiary/aromatic N) is 1. The molecular weight excluding hydrogens is 354 g/mol. The highest BCUT2D eigenvalue weighted by Crippen LogP contribution is 2.33. The van der Waals surface area contributed by atoms with Crippen LogP contribution in [-0.4, -0.2) is 36.5 Å². The highest BCUT2D eigenvalue weighted by atomic mass is 16.5. The van der Waals surface area contributed by atoms with Crippen molar-refractivity contribution in [3.8, 4) is 5.75 Å². The average Bonchev–Trinajstić information content (AvgIpc) is 2.99. The van der Waals surface area contributed by atoms with E-state index >= 15 is 0 Å². The molecule has 28 heavy (non-hydrogen) atoms. The van der Waals surface area contributed by atoms with Crippen molar-refractivity contribution in [3.63, 3.8) is 0 Å². The van der Waals surface area contributed by atoms with Gasteiger partial charge < -0.3 is 14.4 Å². The van der Waals surface area contributed by atoms with E-state index in [1.54, 1.807) is 13.2 Å². The molecule has 0 N–H and O–H groups in total. The first kappa shape index (κ1) is 18.5. The largest absolute Gasteiger partial charge is 0.497 e. The summed E-state index contributed by atoms with van der Waals surface area (Å²) in [5, 5.41) is 0. The van der Waals surface area contributed by atoms with Crippen molar-refractivity contribution in [1.82, 2.24) is 4.90 Å². The number of rotatable bonds is 3. The van der Waals surface area contributed by atoms with Gasteiger partial charge in [-0.1, -0.05) is 43.2 Å². The SMILES string of the molecule is COc1ccc(C2CCCCCN2C(=O)C2Cc3ccccc3C(=O)O2)cc1. The van der Waals surface area contributed by atoms with E-state index in [1.807, 2.05) is 47.4 Å². The van der Waals surface area contributed by atoms with Gasteiger partial charge in [0.2, 0.25) is 0 Å². The number of likely N-dealkylation sites (tertiary alicyclic amines) is 1. The lowest BCUT2D eigenvalue weighted by Gasteiger charge is -2.34. The van der Waals surface area contributed by atoms with Gasteiger partial charge >= 0.3 is 5.97 Å². The summed E-state index contributed by atoms with van der Waals surface area (Å²) in [5.74, 6) is 0.301. The zero-order valence-electron chi connectivity index (χ0n) is 16.1. The number of hydrogen-bond donors (Lipinski definition) is 0. The molecule has 2 aromatic rings. The van der Waals surface area contributed by atoms with E-state index in [9.17, 15) is 9.59 Å². The van der Waals surface area contributed by atoms with Crippen LogP contribution in [0.25, 0.3) is 0 Å². The fourth-order valence-electron chi connectivity index (χ4n) is 4.20. The smallest absolute Gasteiger partial charge is 0.339 e. The van der Waals surface area contributed by atoms with Crippen molar-refractivity contribution in [2.24, 2.45) is 0 Å². The molecule has 0 saturated carbocycles. The summed E-state index contributed by atoms with van der Waals surface area (Å²) in [6.45, 7) is 0.686. The summed E-state index contributed by atoms with van der Waals surface area (Å²) in [6, 6.07) is 15.3. The van der Waals surface area contributed by atoms with Crippen LogP contribution < -0.4 is 4.74 Å². The second kappa shape index (κ2) is 8.05. The molecule has 5 nitrogen and oxygen atoms in total. The van der Waals surface area contributed by atoms with E-state index in [4.69, 9.17) is 9.47 Å². The third kappa shape index (κ3) is 3.61. The summed E-state index contributed by atoms with van der Waals surface area (Å²) >= 11 is 0. The summed E-state index contributed by atoms with van der Waals surface area (Å²) in [7, 11) is 1.64. The standard InChI is InChI=1S/C23H25NO4/c1-27-18-12-10-16(11-13-18)20-9-3-2-6-14-24(20)22(25)21-15-17-7-4-5-8-19(17)23(26)28-21/h4-5,7-8,10-13,20-21H,2-3,6,9,14-15H2,1H3. The maximum Gasteiger partial charge on any atom is 0.339 e. The maximum absolute atomic E-state index is 13.4. The fraction of sp³-hybridized carbons (Fsp3) is 0.391. The third-order valence-electron chi connectivity index (χ3n) is 5.70. The number of cyclic esters (lactones) is 1. The predicted molar refractivity (Wildman–Crippen MR) is 105 cm³/mol. The number of benzene rings is 2. The molecule has 146 valence electrons. The molecule has 2 unspecified atom stereocenters. The number of ether oxygens (including phenoxy) is 2. The summed E-state index contributed by atoms with van der Waals surface area (Å²) in [6.07, 6.45) is 3.75. The lowest BCUT2D eigenvalue weighted by atomic mass is 9.96. The van der Waals surface area contributed by atoms with Crippen LogP contribution in [-0.2, 0) is 16.0 Å². The van der Waals surface area contributed by atoms with E-state index in [-0.39, 0.29) is 11.9 Å². The molecule has 2 heterocycles. The second-order valence-corrected chi connectivity index (χ2v) is 7.43. The molecule has 0 aliphatic carbocycles. The third-order valence-corrected chi connectivity index (χ3v) is 5.70. The number of methoxy groups -OCH3 is 1. The van der Waals surface area contributed by atoms with Crippen LogP contribution in [0.1, 0.15) is 53.2 Å². The zero-order valence-corrected chi connectivity index (χ0v) is 16.1. The Bertz CT molecular complexity index is 861. The van der Waals surface area contributed by atoms with Gasteiger partial charge in [-0.25, -0.2) is 4.79 Å². The molecule has 2 aliphatic heterocycles. The molecule has 0 aromatic heterocycles. The topological polar surface area (TPSA) is 55.8 Å². The molecule has 0 radical (unpaired) electrons. The number of esters is 1. The van der Waals surface area contributed by atoms with Crippen LogP contribution >= 0.6 is 0 Å². The zero-order chi connectivity index (χ0) is 19.5. The minimum atomic E-state index is -0.749. The summed E-state index contributed by atoms with van der Waals surface area (Å²) in [4.78, 5) is 27.7. The molecule has 2 aliphatic rings. The monoisotopic (exact) mass is 379 g/mol. The Morgan fingerprint density at radius 1 is 1.07 bits per heavy atom. The normalized spacial score (nSPS) is 22.0. The lowest BCUT2D eigenvalue weighted by molar-refractivity contribution is -0.143. The highest BCUT2D eigenvalue weighted by Gasteiger charge is 2.37. The summed E-state index contributed by atoms with van der Waals surface area (Å²) < 4.78 is 10.8. The van der Waals surface area contributed by atoms with Crippen molar-refractivity contribution in [3.05, 3.63) is 65.2 Å². The lowest BCUT2D eigenvalue weighted by Crippen LogP contribution is -2.46. The van der Waals surface area contributed by atoms with Crippen molar-refractivity contribution >= 4 is 11.9 Å². The van der Waals surface area contributed by atoms with Gasteiger partial charge in [0.1, 0.15) is 5.75 Å². The summed E-state index contributed by atoms with van der Waals surface area (Å²) in [5.41, 5.74) is 2.54. The number of carbonyl (C=O) groups is 2. The predicted octanol–water partition coefficient (Wildman–Crippen LogP) is 3.92. The van der Waals surface area contributed by atoms with Crippen molar-refractivity contribution in [2.75, 3.05) is 13.7 Å². The van der Waals surface area contributed by atoms with Gasteiger partial charge in [-0.2, -0.15) is 0 Å². The van der Waals surface area contributed by atoms with Crippen molar-refractivity contribution in [2.45, 2.75) is 44.2 Å². The van der Waals surface area contributed by atoms with E-state index in [0.29, 0.717) is 18.5 Å². The fourth-order valence-corrected chi connectivity index (χ4v) is 4.20. The first-order valence-corrected chi connectivity index (χ1v) is 9.90. The van der Waals surface area contributed by atoms with Crippen LogP contribution in [0.2, 0.25) is 0 Å². The van der Waals surface area contributed by atoms with Gasteiger partial charge in [0.05, 0.1) is 18.7 Å². The Morgan fingerprint density at radius 3 is 2.64 bits per heavy atom. The number of carbonyl (C=O) groups excluding carboxylic acids is 2. The molecule has 1 amide bonds. The first-order chi connectivity index (χ1) is 13.7. The highest BCUT2D eigenvalue weighted by molar-refractivity contribution is 5.95. The molecular formula is C23H25NO4. The Hall–Kier alpha value is -2.82. The van der Waals surface area contributed by atoms with Crippen molar-refractivity contribution in [1.29, 1.82) is 0 Å². The molecule has 1 saturated heterocycles. The Balaban J connectivity index is 1.59. The minimum absolute atomic E-state index is 0.00298. The van der Waals surface area contributed by atoms with Crippen LogP contribution in [0.4, 0.5) is 0 Å². The molecule has 2 aromatic carbocycles. The molecule has 1 fully saturated rings. The van der Waals surface area contributed by atoms with Gasteiger partial charge in [-0.05, 0) is 42.2 Å². The molecule has 2 atom stereocenters. The quantitative estimate of drug-likeness (QED) is 0.759. The molecule has 0 bridgehead atoms. The number of amides is 1. The maximum atomic E-state index is 13.4. The van der Waals surface area contributed by atoms with Gasteiger partial charge in [0.15, 0.2) is 6.10 Å². The van der Waals surface area contributed by atoms with Crippen LogP contribution in [0.15, 0.2) is 48.5 Å². The molecule has 0 spiro atoms. The van der Waals surface area contributed by atoms with Gasteiger partial charge in [0.25, 0.3) is 5.91 Å². The average molecular weight is 379 g/mol. The Kier molecular flexibility index (Phi) is 5.33. The van der Waals surface area contributed by atoms with Gasteiger partial charge in [-0.15, -0.1) is 0 Å². The van der Waals surface area contributed by atoms with Crippen LogP contribution in [0.3, 0.4) is 0 Å². The van der Waals surface area contributed by atoms with E-state index in [1.165, 1.54) is 0 Å².